The van der Waals surface area contributed by atoms with E-state index in [2.05, 4.69) is 5.16 Å². The third-order valence-corrected chi connectivity index (χ3v) is 1.76. The van der Waals surface area contributed by atoms with Gasteiger partial charge < -0.3 is 10.9 Å². The van der Waals surface area contributed by atoms with Crippen LogP contribution in [-0.4, -0.2) is 11.4 Å². The van der Waals surface area contributed by atoms with Gasteiger partial charge in [-0.25, -0.2) is 0 Å². The third kappa shape index (κ3) is 1.75. The van der Waals surface area contributed by atoms with Crippen molar-refractivity contribution in [2.24, 2.45) is 5.16 Å². The second-order valence-electron chi connectivity index (χ2n) is 2.56. The molecule has 0 fully saturated rings. The van der Waals surface area contributed by atoms with Crippen molar-refractivity contribution < 1.29 is 5.21 Å². The normalized spacial score (nSPS) is 10.8. The average molecular weight is 164 g/mol. The average Bonchev–Trinajstić information content (AvgIpc) is 2.05. The lowest BCUT2D eigenvalue weighted by atomic mass is 10.1. The van der Waals surface area contributed by atoms with Gasteiger partial charge in [-0.2, -0.15) is 0 Å². The van der Waals surface area contributed by atoms with Gasteiger partial charge in [-0.3, -0.25) is 0 Å². The summed E-state index contributed by atoms with van der Waals surface area (Å²) in [4.78, 5) is 0. The molecule has 0 spiro atoms. The summed E-state index contributed by atoms with van der Waals surface area (Å²) in [5, 5.41) is 11.2. The van der Waals surface area contributed by atoms with Crippen molar-refractivity contribution in [3.63, 3.8) is 0 Å². The lowest BCUT2D eigenvalue weighted by molar-refractivity contribution is 0.322. The van der Waals surface area contributed by atoms with Crippen molar-refractivity contribution in [3.05, 3.63) is 29.3 Å². The van der Waals surface area contributed by atoms with E-state index in [1.807, 2.05) is 19.1 Å². The monoisotopic (exact) mass is 164 g/mol. The quantitative estimate of drug-likeness (QED) is 0.302. The Bertz CT molecular complexity index is 295. The third-order valence-electron chi connectivity index (χ3n) is 1.76. The van der Waals surface area contributed by atoms with E-state index in [-0.39, 0.29) is 0 Å². The molecule has 0 saturated heterocycles. The van der Waals surface area contributed by atoms with Gasteiger partial charge in [0.05, 0.1) is 6.21 Å². The highest BCUT2D eigenvalue weighted by Gasteiger charge is 1.96. The molecule has 64 valence electrons. The Hall–Kier alpha value is -1.51. The molecule has 0 atom stereocenters. The minimum absolute atomic E-state index is 0.745. The van der Waals surface area contributed by atoms with E-state index in [0.717, 1.165) is 23.2 Å². The van der Waals surface area contributed by atoms with Crippen LogP contribution in [0.5, 0.6) is 0 Å². The van der Waals surface area contributed by atoms with Crippen LogP contribution in [0.15, 0.2) is 23.4 Å². The number of nitrogen functional groups attached to an aromatic ring is 1. The fraction of sp³-hybridized carbons (Fsp3) is 0.222. The fourth-order valence-corrected chi connectivity index (χ4v) is 1.08. The smallest absolute Gasteiger partial charge is 0.0734 e. The fourth-order valence-electron chi connectivity index (χ4n) is 1.08. The maximum Gasteiger partial charge on any atom is 0.0734 e. The minimum atomic E-state index is 0.745. The molecule has 3 heteroatoms. The van der Waals surface area contributed by atoms with Crippen molar-refractivity contribution in [3.8, 4) is 0 Å². The maximum atomic E-state index is 8.27. The van der Waals surface area contributed by atoms with E-state index < -0.39 is 0 Å². The molecule has 0 heterocycles. The molecule has 0 amide bonds. The second-order valence-corrected chi connectivity index (χ2v) is 2.56. The van der Waals surface area contributed by atoms with Gasteiger partial charge in [0, 0.05) is 5.69 Å². The molecule has 1 rings (SSSR count). The highest BCUT2D eigenvalue weighted by molar-refractivity contribution is 5.81. The van der Waals surface area contributed by atoms with Crippen LogP contribution in [0.25, 0.3) is 0 Å². The Kier molecular flexibility index (Phi) is 2.69. The summed E-state index contributed by atoms with van der Waals surface area (Å²) < 4.78 is 0. The van der Waals surface area contributed by atoms with Crippen molar-refractivity contribution in [2.75, 3.05) is 5.73 Å². The highest BCUT2D eigenvalue weighted by Crippen LogP contribution is 2.13. The summed E-state index contributed by atoms with van der Waals surface area (Å²) in [6.07, 6.45) is 2.28. The van der Waals surface area contributed by atoms with Crippen LogP contribution in [-0.2, 0) is 6.42 Å². The summed E-state index contributed by atoms with van der Waals surface area (Å²) in [7, 11) is 0. The topological polar surface area (TPSA) is 58.6 Å². The largest absolute Gasteiger partial charge is 0.411 e. The first-order valence-corrected chi connectivity index (χ1v) is 3.83. The van der Waals surface area contributed by atoms with E-state index in [4.69, 9.17) is 10.9 Å². The van der Waals surface area contributed by atoms with Gasteiger partial charge in [-0.15, -0.1) is 0 Å². The molecule has 0 aliphatic rings. The zero-order valence-electron chi connectivity index (χ0n) is 6.99. The van der Waals surface area contributed by atoms with E-state index in [0.29, 0.717) is 0 Å². The second kappa shape index (κ2) is 3.76. The van der Waals surface area contributed by atoms with Crippen LogP contribution in [0, 0.1) is 0 Å². The molecular formula is C9H12N2O. The van der Waals surface area contributed by atoms with E-state index in [1.165, 1.54) is 6.21 Å². The van der Waals surface area contributed by atoms with Crippen molar-refractivity contribution >= 4 is 11.9 Å². The van der Waals surface area contributed by atoms with Crippen LogP contribution in [0.1, 0.15) is 18.1 Å². The summed E-state index contributed by atoms with van der Waals surface area (Å²) in [5.74, 6) is 0. The Labute approximate surface area is 71.5 Å². The van der Waals surface area contributed by atoms with Crippen LogP contribution in [0.2, 0.25) is 0 Å². The molecule has 0 aliphatic carbocycles. The molecule has 1 aromatic carbocycles. The van der Waals surface area contributed by atoms with E-state index in [1.54, 1.807) is 6.07 Å². The van der Waals surface area contributed by atoms with Gasteiger partial charge >= 0.3 is 0 Å². The zero-order valence-corrected chi connectivity index (χ0v) is 6.99. The summed E-state index contributed by atoms with van der Waals surface area (Å²) >= 11 is 0. The minimum Gasteiger partial charge on any atom is -0.411 e. The molecule has 3 nitrogen and oxygen atoms in total. The first-order valence-electron chi connectivity index (χ1n) is 3.83. The number of rotatable bonds is 2. The van der Waals surface area contributed by atoms with E-state index >= 15 is 0 Å². The molecular weight excluding hydrogens is 152 g/mol. The standard InChI is InChI=1S/C9H12N2O/c1-2-8-4-3-7(6-11-12)5-9(8)10/h3-6,12H,2,10H2,1H3/b11-6+. The van der Waals surface area contributed by atoms with Gasteiger partial charge in [-0.05, 0) is 23.6 Å². The summed E-state index contributed by atoms with van der Waals surface area (Å²) in [6, 6.07) is 5.60. The number of nitrogens with zero attached hydrogens (tertiary/aromatic N) is 1. The number of anilines is 1. The first-order chi connectivity index (χ1) is 5.77. The number of benzene rings is 1. The van der Waals surface area contributed by atoms with Crippen LogP contribution < -0.4 is 5.73 Å². The Balaban J connectivity index is 3.01. The van der Waals surface area contributed by atoms with Gasteiger partial charge in [0.2, 0.25) is 0 Å². The van der Waals surface area contributed by atoms with Crippen LogP contribution in [0.3, 0.4) is 0 Å². The molecule has 0 bridgehead atoms. The maximum absolute atomic E-state index is 8.27. The number of aryl methyl sites for hydroxylation is 1. The summed E-state index contributed by atoms with van der Waals surface area (Å²) in [5.41, 5.74) is 8.39. The lowest BCUT2D eigenvalue weighted by Crippen LogP contribution is -1.94. The Morgan fingerprint density at radius 1 is 1.58 bits per heavy atom. The SMILES string of the molecule is CCc1ccc(/C=N/O)cc1N. The molecule has 1 aromatic rings. The Morgan fingerprint density at radius 2 is 2.33 bits per heavy atom. The predicted molar refractivity (Wildman–Crippen MR) is 49.6 cm³/mol. The van der Waals surface area contributed by atoms with Crippen molar-refractivity contribution in [1.29, 1.82) is 0 Å². The molecule has 12 heavy (non-hydrogen) atoms. The lowest BCUT2D eigenvalue weighted by Gasteiger charge is -2.02. The molecule has 0 unspecified atom stereocenters. The number of hydrogen-bond donors (Lipinski definition) is 2. The van der Waals surface area contributed by atoms with Crippen molar-refractivity contribution in [1.82, 2.24) is 0 Å². The molecule has 0 aromatic heterocycles. The number of nitrogens with two attached hydrogens (primary N) is 1. The van der Waals surface area contributed by atoms with Crippen molar-refractivity contribution in [2.45, 2.75) is 13.3 Å². The Morgan fingerprint density at radius 3 is 2.83 bits per heavy atom. The molecule has 3 N–H and O–H groups in total. The highest BCUT2D eigenvalue weighted by atomic mass is 16.4. The van der Waals surface area contributed by atoms with Gasteiger partial charge in [0.15, 0.2) is 0 Å². The first kappa shape index (κ1) is 8.59. The molecule has 0 saturated carbocycles. The van der Waals surface area contributed by atoms with Gasteiger partial charge in [0.25, 0.3) is 0 Å². The summed E-state index contributed by atoms with van der Waals surface area (Å²) in [6.45, 7) is 2.05. The van der Waals surface area contributed by atoms with Gasteiger partial charge in [0.1, 0.15) is 0 Å². The molecule has 0 radical (unpaired) electrons. The number of hydrogen-bond acceptors (Lipinski definition) is 3. The van der Waals surface area contributed by atoms with Crippen LogP contribution in [0.4, 0.5) is 5.69 Å². The number of oxime groups is 1. The van der Waals surface area contributed by atoms with E-state index in [9.17, 15) is 0 Å². The predicted octanol–water partition coefficient (Wildman–Crippen LogP) is 1.64. The van der Waals surface area contributed by atoms with Gasteiger partial charge in [-0.1, -0.05) is 24.2 Å². The zero-order chi connectivity index (χ0) is 8.97. The van der Waals surface area contributed by atoms with Crippen LogP contribution >= 0.6 is 0 Å². The molecule has 0 aliphatic heterocycles.